The van der Waals surface area contributed by atoms with Gasteiger partial charge in [0, 0.05) is 18.3 Å². The van der Waals surface area contributed by atoms with Crippen LogP contribution in [-0.4, -0.2) is 36.4 Å². The highest BCUT2D eigenvalue weighted by atomic mass is 16.2. The number of nitrogens with one attached hydrogen (secondary N) is 3. The molecule has 0 fully saturated rings. The summed E-state index contributed by atoms with van der Waals surface area (Å²) in [4.78, 5) is 28.4. The van der Waals surface area contributed by atoms with Crippen molar-refractivity contribution < 1.29 is 9.59 Å². The second-order valence-corrected chi connectivity index (χ2v) is 5.78. The summed E-state index contributed by atoms with van der Waals surface area (Å²) >= 11 is 0. The van der Waals surface area contributed by atoms with Crippen molar-refractivity contribution in [1.82, 2.24) is 20.9 Å². The van der Waals surface area contributed by atoms with Crippen LogP contribution in [0.3, 0.4) is 0 Å². The summed E-state index contributed by atoms with van der Waals surface area (Å²) in [6, 6.07) is 14.9. The molecule has 6 nitrogen and oxygen atoms in total. The summed E-state index contributed by atoms with van der Waals surface area (Å²) < 4.78 is 0. The first-order valence-electron chi connectivity index (χ1n) is 8.29. The molecule has 1 unspecified atom stereocenters. The Balaban J connectivity index is 2.01. The third kappa shape index (κ3) is 6.00. The fourth-order valence-corrected chi connectivity index (χ4v) is 2.36. The molecule has 0 radical (unpaired) electrons. The summed E-state index contributed by atoms with van der Waals surface area (Å²) in [6.07, 6.45) is 2.32. The number of aromatic nitrogens is 1. The van der Waals surface area contributed by atoms with E-state index in [1.54, 1.807) is 20.2 Å². The highest BCUT2D eigenvalue weighted by Gasteiger charge is 2.17. The van der Waals surface area contributed by atoms with Crippen LogP contribution < -0.4 is 16.0 Å². The first-order chi connectivity index (χ1) is 12.1. The van der Waals surface area contributed by atoms with Crippen LogP contribution in [0.25, 0.3) is 0 Å². The van der Waals surface area contributed by atoms with E-state index in [0.717, 1.165) is 11.3 Å². The van der Waals surface area contributed by atoms with E-state index < -0.39 is 0 Å². The minimum absolute atomic E-state index is 0.0591. The van der Waals surface area contributed by atoms with E-state index in [2.05, 4.69) is 20.9 Å². The van der Waals surface area contributed by atoms with Crippen molar-refractivity contribution in [2.24, 2.45) is 0 Å². The number of hydrogen-bond acceptors (Lipinski definition) is 4. The number of carbonyl (C=O) groups excluding carboxylic acids is 2. The Bertz CT molecular complexity index is 676. The van der Waals surface area contributed by atoms with Gasteiger partial charge in [0.25, 0.3) is 0 Å². The largest absolute Gasteiger partial charge is 0.347 e. The van der Waals surface area contributed by atoms with Gasteiger partial charge in [0.2, 0.25) is 11.8 Å². The van der Waals surface area contributed by atoms with Gasteiger partial charge in [-0.25, -0.2) is 0 Å². The lowest BCUT2D eigenvalue weighted by atomic mass is 10.0. The van der Waals surface area contributed by atoms with E-state index in [9.17, 15) is 9.59 Å². The number of rotatable bonds is 8. The molecule has 3 N–H and O–H groups in total. The highest BCUT2D eigenvalue weighted by molar-refractivity contribution is 5.87. The van der Waals surface area contributed by atoms with Crippen molar-refractivity contribution in [3.05, 3.63) is 66.0 Å². The van der Waals surface area contributed by atoms with Gasteiger partial charge >= 0.3 is 0 Å². The molecule has 6 heteroatoms. The van der Waals surface area contributed by atoms with Crippen molar-refractivity contribution in [3.8, 4) is 0 Å². The topological polar surface area (TPSA) is 83.1 Å². The van der Waals surface area contributed by atoms with Crippen LogP contribution in [0.5, 0.6) is 0 Å². The molecule has 1 heterocycles. The Labute approximate surface area is 148 Å². The van der Waals surface area contributed by atoms with Crippen molar-refractivity contribution in [2.75, 3.05) is 13.6 Å². The lowest BCUT2D eigenvalue weighted by molar-refractivity contribution is -0.127. The molecule has 0 aliphatic rings. The number of hydrogen-bond donors (Lipinski definition) is 3. The molecular weight excluding hydrogens is 316 g/mol. The SMILES string of the molecule is CN[C@@H](C)C(=O)NCC(=O)NC(Cc1ccccn1)c1ccccc1. The Morgan fingerprint density at radius 2 is 1.80 bits per heavy atom. The lowest BCUT2D eigenvalue weighted by Crippen LogP contribution is -2.45. The smallest absolute Gasteiger partial charge is 0.239 e. The van der Waals surface area contributed by atoms with Gasteiger partial charge in [0.1, 0.15) is 0 Å². The van der Waals surface area contributed by atoms with Crippen molar-refractivity contribution in [3.63, 3.8) is 0 Å². The van der Waals surface area contributed by atoms with Gasteiger partial charge < -0.3 is 16.0 Å². The van der Waals surface area contributed by atoms with Crippen molar-refractivity contribution in [2.45, 2.75) is 25.4 Å². The van der Waals surface area contributed by atoms with E-state index in [1.165, 1.54) is 0 Å². The Hall–Kier alpha value is -2.73. The zero-order chi connectivity index (χ0) is 18.1. The molecule has 1 aromatic carbocycles. The first kappa shape index (κ1) is 18.6. The molecule has 0 aliphatic carbocycles. The Kier molecular flexibility index (Phi) is 7.10. The molecule has 0 aliphatic heterocycles. The first-order valence-corrected chi connectivity index (χ1v) is 8.29. The van der Waals surface area contributed by atoms with Gasteiger partial charge in [-0.2, -0.15) is 0 Å². The molecule has 2 rings (SSSR count). The summed E-state index contributed by atoms with van der Waals surface area (Å²) in [5.41, 5.74) is 1.89. The second-order valence-electron chi connectivity index (χ2n) is 5.78. The molecule has 0 saturated heterocycles. The number of pyridine rings is 1. The molecule has 0 bridgehead atoms. The fraction of sp³-hybridized carbons (Fsp3) is 0.316. The fourth-order valence-electron chi connectivity index (χ4n) is 2.36. The summed E-state index contributed by atoms with van der Waals surface area (Å²) in [7, 11) is 1.70. The molecular formula is C19H24N4O2. The van der Waals surface area contributed by atoms with Crippen LogP contribution in [0.1, 0.15) is 24.2 Å². The van der Waals surface area contributed by atoms with E-state index >= 15 is 0 Å². The molecule has 25 heavy (non-hydrogen) atoms. The van der Waals surface area contributed by atoms with Crippen molar-refractivity contribution in [1.29, 1.82) is 0 Å². The van der Waals surface area contributed by atoms with Gasteiger partial charge in [-0.05, 0) is 31.7 Å². The number of benzene rings is 1. The van der Waals surface area contributed by atoms with Crippen LogP contribution >= 0.6 is 0 Å². The maximum atomic E-state index is 12.3. The van der Waals surface area contributed by atoms with E-state index in [-0.39, 0.29) is 30.4 Å². The van der Waals surface area contributed by atoms with Gasteiger partial charge in [0.15, 0.2) is 0 Å². The molecule has 2 atom stereocenters. The molecule has 0 saturated carbocycles. The summed E-state index contributed by atoms with van der Waals surface area (Å²) in [5, 5.41) is 8.44. The Morgan fingerprint density at radius 3 is 2.44 bits per heavy atom. The maximum Gasteiger partial charge on any atom is 0.239 e. The van der Waals surface area contributed by atoms with Crippen LogP contribution in [0.4, 0.5) is 0 Å². The Morgan fingerprint density at radius 1 is 1.08 bits per heavy atom. The summed E-state index contributed by atoms with van der Waals surface area (Å²) in [5.74, 6) is -0.444. The zero-order valence-electron chi connectivity index (χ0n) is 14.5. The van der Waals surface area contributed by atoms with E-state index in [0.29, 0.717) is 6.42 Å². The lowest BCUT2D eigenvalue weighted by Gasteiger charge is -2.19. The molecule has 132 valence electrons. The van der Waals surface area contributed by atoms with Crippen LogP contribution in [0, 0.1) is 0 Å². The summed E-state index contributed by atoms with van der Waals surface area (Å²) in [6.45, 7) is 1.68. The molecule has 1 aromatic heterocycles. The third-order valence-electron chi connectivity index (χ3n) is 3.93. The maximum absolute atomic E-state index is 12.3. The molecule has 2 amide bonds. The third-order valence-corrected chi connectivity index (χ3v) is 3.93. The monoisotopic (exact) mass is 340 g/mol. The molecule has 0 spiro atoms. The number of carbonyl (C=O) groups is 2. The predicted octanol–water partition coefficient (Wildman–Crippen LogP) is 1.21. The quantitative estimate of drug-likeness (QED) is 0.674. The van der Waals surface area contributed by atoms with Gasteiger partial charge in [-0.1, -0.05) is 36.4 Å². The number of nitrogens with zero attached hydrogens (tertiary/aromatic N) is 1. The average Bonchev–Trinajstić information content (AvgIpc) is 2.66. The van der Waals surface area contributed by atoms with Crippen LogP contribution in [-0.2, 0) is 16.0 Å². The standard InChI is InChI=1S/C19H24N4O2/c1-14(20-2)19(25)22-13-18(24)23-17(15-8-4-3-5-9-15)12-16-10-6-7-11-21-16/h3-11,14,17,20H,12-13H2,1-2H3,(H,22,25)(H,23,24)/t14-,17?/m0/s1. The minimum Gasteiger partial charge on any atom is -0.347 e. The minimum atomic E-state index is -0.341. The molecule has 2 aromatic rings. The van der Waals surface area contributed by atoms with Gasteiger partial charge in [-0.3, -0.25) is 14.6 Å². The van der Waals surface area contributed by atoms with Crippen LogP contribution in [0.2, 0.25) is 0 Å². The normalized spacial score (nSPS) is 12.9. The van der Waals surface area contributed by atoms with Crippen molar-refractivity contribution >= 4 is 11.8 Å². The highest BCUT2D eigenvalue weighted by Crippen LogP contribution is 2.17. The van der Waals surface area contributed by atoms with Crippen LogP contribution in [0.15, 0.2) is 54.7 Å². The van der Waals surface area contributed by atoms with E-state index in [1.807, 2.05) is 48.5 Å². The predicted molar refractivity (Wildman–Crippen MR) is 96.8 cm³/mol. The number of amides is 2. The van der Waals surface area contributed by atoms with Gasteiger partial charge in [0.05, 0.1) is 18.6 Å². The second kappa shape index (κ2) is 9.54. The zero-order valence-corrected chi connectivity index (χ0v) is 14.5. The average molecular weight is 340 g/mol. The van der Waals surface area contributed by atoms with E-state index in [4.69, 9.17) is 0 Å². The van der Waals surface area contributed by atoms with Gasteiger partial charge in [-0.15, -0.1) is 0 Å². The number of likely N-dealkylation sites (N-methyl/N-ethyl adjacent to an activating group) is 1.